The molecule has 1 aromatic carbocycles. The standard InChI is InChI=1S/C14H16ClF3N2O/c1-13(19,14(16,17)18)12(21)20-8-4-7-11(20)9-5-2-3-6-10(9)15/h2-3,5-6,11H,4,7-8,19H2,1H3. The fourth-order valence-corrected chi connectivity index (χ4v) is 2.76. The Morgan fingerprint density at radius 1 is 1.38 bits per heavy atom. The molecule has 21 heavy (non-hydrogen) atoms. The largest absolute Gasteiger partial charge is 0.415 e. The van der Waals surface area contributed by atoms with Gasteiger partial charge in [-0.25, -0.2) is 0 Å². The van der Waals surface area contributed by atoms with E-state index in [2.05, 4.69) is 0 Å². The lowest BCUT2D eigenvalue weighted by atomic mass is 9.98. The third-order valence-electron chi connectivity index (χ3n) is 3.81. The first kappa shape index (κ1) is 16.1. The summed E-state index contributed by atoms with van der Waals surface area (Å²) in [6.45, 7) is 0.953. The van der Waals surface area contributed by atoms with Crippen LogP contribution < -0.4 is 5.73 Å². The highest BCUT2D eigenvalue weighted by Gasteiger charge is 2.56. The zero-order valence-electron chi connectivity index (χ0n) is 11.5. The van der Waals surface area contributed by atoms with Crippen molar-refractivity contribution in [2.45, 2.75) is 37.5 Å². The number of amides is 1. The van der Waals surface area contributed by atoms with E-state index in [9.17, 15) is 18.0 Å². The minimum absolute atomic E-state index is 0.248. The maximum atomic E-state index is 12.9. The van der Waals surface area contributed by atoms with Gasteiger partial charge in [-0.1, -0.05) is 29.8 Å². The number of nitrogens with zero attached hydrogens (tertiary/aromatic N) is 1. The number of hydrogen-bond donors (Lipinski definition) is 1. The van der Waals surface area contributed by atoms with Crippen LogP contribution in [0, 0.1) is 0 Å². The van der Waals surface area contributed by atoms with Crippen LogP contribution in [0.15, 0.2) is 24.3 Å². The molecule has 0 aromatic heterocycles. The molecule has 0 saturated carbocycles. The maximum absolute atomic E-state index is 12.9. The van der Waals surface area contributed by atoms with Crippen LogP contribution in [0.4, 0.5) is 13.2 Å². The first-order chi connectivity index (χ1) is 9.66. The molecular weight excluding hydrogens is 305 g/mol. The van der Waals surface area contributed by atoms with Gasteiger partial charge in [-0.15, -0.1) is 0 Å². The molecule has 1 heterocycles. The van der Waals surface area contributed by atoms with E-state index in [4.69, 9.17) is 17.3 Å². The summed E-state index contributed by atoms with van der Waals surface area (Å²) in [6, 6.07) is 6.39. The van der Waals surface area contributed by atoms with Crippen LogP contribution in [0.25, 0.3) is 0 Å². The summed E-state index contributed by atoms with van der Waals surface area (Å²) in [6.07, 6.45) is -3.60. The molecule has 0 aliphatic carbocycles. The highest BCUT2D eigenvalue weighted by molar-refractivity contribution is 6.31. The van der Waals surface area contributed by atoms with Crippen LogP contribution in [0.3, 0.4) is 0 Å². The minimum atomic E-state index is -4.79. The van der Waals surface area contributed by atoms with Crippen LogP contribution in [-0.2, 0) is 4.79 Å². The summed E-state index contributed by atoms with van der Waals surface area (Å²) in [4.78, 5) is 13.4. The normalized spacial score (nSPS) is 22.2. The summed E-state index contributed by atoms with van der Waals surface area (Å²) in [5.74, 6) is -1.11. The molecule has 0 spiro atoms. The van der Waals surface area contributed by atoms with Gasteiger partial charge in [-0.2, -0.15) is 13.2 Å². The molecule has 1 fully saturated rings. The lowest BCUT2D eigenvalue weighted by Gasteiger charge is -2.34. The molecule has 1 amide bonds. The fourth-order valence-electron chi connectivity index (χ4n) is 2.50. The minimum Gasteiger partial charge on any atom is -0.334 e. The fraction of sp³-hybridized carbons (Fsp3) is 0.500. The van der Waals surface area contributed by atoms with Crippen molar-refractivity contribution < 1.29 is 18.0 Å². The van der Waals surface area contributed by atoms with Gasteiger partial charge in [0, 0.05) is 11.6 Å². The average Bonchev–Trinajstić information content (AvgIpc) is 2.85. The van der Waals surface area contributed by atoms with Gasteiger partial charge in [0.1, 0.15) is 0 Å². The molecule has 1 saturated heterocycles. The predicted molar refractivity (Wildman–Crippen MR) is 73.8 cm³/mol. The van der Waals surface area contributed by atoms with Crippen molar-refractivity contribution >= 4 is 17.5 Å². The van der Waals surface area contributed by atoms with Crippen LogP contribution in [0.5, 0.6) is 0 Å². The third kappa shape index (κ3) is 2.87. The van der Waals surface area contributed by atoms with Crippen LogP contribution >= 0.6 is 11.6 Å². The van der Waals surface area contributed by atoms with E-state index in [0.717, 1.165) is 0 Å². The molecule has 0 bridgehead atoms. The number of likely N-dealkylation sites (tertiary alicyclic amines) is 1. The van der Waals surface area contributed by atoms with E-state index in [1.807, 2.05) is 0 Å². The Bertz CT molecular complexity index is 545. The number of carbonyl (C=O) groups excluding carboxylic acids is 1. The second-order valence-corrected chi connectivity index (χ2v) is 5.79. The van der Waals surface area contributed by atoms with E-state index in [-0.39, 0.29) is 6.54 Å². The van der Waals surface area contributed by atoms with Gasteiger partial charge in [0.25, 0.3) is 5.91 Å². The number of halogens is 4. The summed E-state index contributed by atoms with van der Waals surface area (Å²) >= 11 is 6.09. The molecule has 2 unspecified atom stereocenters. The van der Waals surface area contributed by atoms with E-state index < -0.39 is 23.7 Å². The van der Waals surface area contributed by atoms with E-state index in [1.54, 1.807) is 24.3 Å². The van der Waals surface area contributed by atoms with Crippen LogP contribution in [0.1, 0.15) is 31.4 Å². The van der Waals surface area contributed by atoms with Gasteiger partial charge in [0.2, 0.25) is 0 Å². The molecule has 3 nitrogen and oxygen atoms in total. The molecule has 2 atom stereocenters. The van der Waals surface area contributed by atoms with Gasteiger partial charge in [0.05, 0.1) is 6.04 Å². The summed E-state index contributed by atoms with van der Waals surface area (Å²) in [7, 11) is 0. The van der Waals surface area contributed by atoms with Crippen molar-refractivity contribution in [2.24, 2.45) is 5.73 Å². The van der Waals surface area contributed by atoms with Crippen molar-refractivity contribution in [1.29, 1.82) is 0 Å². The number of hydrogen-bond acceptors (Lipinski definition) is 2. The van der Waals surface area contributed by atoms with E-state index in [0.29, 0.717) is 30.4 Å². The maximum Gasteiger partial charge on any atom is 0.415 e. The van der Waals surface area contributed by atoms with Crippen LogP contribution in [-0.4, -0.2) is 29.1 Å². The molecule has 2 rings (SSSR count). The highest BCUT2D eigenvalue weighted by Crippen LogP contribution is 2.39. The number of carbonyl (C=O) groups is 1. The number of alkyl halides is 3. The van der Waals surface area contributed by atoms with E-state index in [1.165, 1.54) is 4.90 Å². The van der Waals surface area contributed by atoms with Crippen LogP contribution in [0.2, 0.25) is 5.02 Å². The van der Waals surface area contributed by atoms with Gasteiger partial charge < -0.3 is 10.6 Å². The number of nitrogens with two attached hydrogens (primary N) is 1. The predicted octanol–water partition coefficient (Wildman–Crippen LogP) is 3.28. The van der Waals surface area contributed by atoms with Gasteiger partial charge in [-0.05, 0) is 31.4 Å². The molecule has 1 aliphatic rings. The van der Waals surface area contributed by atoms with Crippen molar-refractivity contribution in [3.05, 3.63) is 34.9 Å². The summed E-state index contributed by atoms with van der Waals surface area (Å²) in [5.41, 5.74) is 3.01. The second kappa shape index (κ2) is 5.50. The Kier molecular flexibility index (Phi) is 4.22. The van der Waals surface area contributed by atoms with Gasteiger partial charge in [-0.3, -0.25) is 4.79 Å². The van der Waals surface area contributed by atoms with E-state index >= 15 is 0 Å². The lowest BCUT2D eigenvalue weighted by molar-refractivity contribution is -0.194. The average molecular weight is 321 g/mol. The second-order valence-electron chi connectivity index (χ2n) is 5.38. The zero-order chi connectivity index (χ0) is 15.8. The van der Waals surface area contributed by atoms with Gasteiger partial charge in [0.15, 0.2) is 5.54 Å². The Morgan fingerprint density at radius 2 is 2.00 bits per heavy atom. The summed E-state index contributed by atoms with van der Waals surface area (Å²) < 4.78 is 38.8. The number of rotatable bonds is 2. The van der Waals surface area contributed by atoms with Crippen molar-refractivity contribution in [1.82, 2.24) is 4.90 Å². The Balaban J connectivity index is 2.32. The highest BCUT2D eigenvalue weighted by atomic mass is 35.5. The van der Waals surface area contributed by atoms with Gasteiger partial charge >= 0.3 is 6.18 Å². The van der Waals surface area contributed by atoms with Crippen molar-refractivity contribution in [2.75, 3.05) is 6.54 Å². The molecule has 1 aromatic rings. The Labute approximate surface area is 125 Å². The molecule has 2 N–H and O–H groups in total. The Hall–Kier alpha value is -1.27. The monoisotopic (exact) mass is 320 g/mol. The topological polar surface area (TPSA) is 46.3 Å². The van der Waals surface area contributed by atoms with Crippen molar-refractivity contribution in [3.8, 4) is 0 Å². The molecule has 0 radical (unpaired) electrons. The Morgan fingerprint density at radius 3 is 2.57 bits per heavy atom. The molecular formula is C14H16ClF3N2O. The lowest BCUT2D eigenvalue weighted by Crippen LogP contribution is -2.62. The number of benzene rings is 1. The third-order valence-corrected chi connectivity index (χ3v) is 4.16. The first-order valence-electron chi connectivity index (χ1n) is 6.57. The first-order valence-corrected chi connectivity index (χ1v) is 6.95. The smallest absolute Gasteiger partial charge is 0.334 e. The molecule has 1 aliphatic heterocycles. The van der Waals surface area contributed by atoms with Crippen molar-refractivity contribution in [3.63, 3.8) is 0 Å². The quantitative estimate of drug-likeness (QED) is 0.909. The SMILES string of the molecule is CC(N)(C(=O)N1CCCC1c1ccccc1Cl)C(F)(F)F. The summed E-state index contributed by atoms with van der Waals surface area (Å²) in [5, 5.41) is 0.438. The molecule has 7 heteroatoms. The zero-order valence-corrected chi connectivity index (χ0v) is 12.2. The molecule has 116 valence electrons.